The van der Waals surface area contributed by atoms with Gasteiger partial charge in [-0.15, -0.1) is 0 Å². The van der Waals surface area contributed by atoms with Crippen LogP contribution < -0.4 is 0 Å². The van der Waals surface area contributed by atoms with Crippen molar-refractivity contribution in [1.82, 2.24) is 4.90 Å². The topological polar surface area (TPSA) is 12.5 Å². The van der Waals surface area contributed by atoms with Crippen LogP contribution in [0.25, 0.3) is 0 Å². The van der Waals surface area contributed by atoms with Gasteiger partial charge in [0.25, 0.3) is 0 Å². The maximum atomic E-state index is 5.26. The van der Waals surface area contributed by atoms with E-state index in [2.05, 4.69) is 39.5 Å². The molecular weight excluding hydrogens is 234 g/mol. The van der Waals surface area contributed by atoms with Gasteiger partial charge < -0.3 is 9.64 Å². The molecule has 0 saturated carbocycles. The van der Waals surface area contributed by atoms with Crippen LogP contribution in [0.15, 0.2) is 0 Å². The van der Waals surface area contributed by atoms with Crippen LogP contribution in [0, 0.1) is 11.3 Å². The molecule has 0 aliphatic rings. The average molecular weight is 271 g/mol. The summed E-state index contributed by atoms with van der Waals surface area (Å²) in [6, 6.07) is 0. The SMILES string of the molecule is CCN(CC)CCCC[C@H](CCOC)CC(C)(C)C. The van der Waals surface area contributed by atoms with Gasteiger partial charge in [-0.25, -0.2) is 0 Å². The second-order valence-electron chi connectivity index (χ2n) is 6.93. The summed E-state index contributed by atoms with van der Waals surface area (Å²) in [6.45, 7) is 16.1. The molecule has 2 heteroatoms. The van der Waals surface area contributed by atoms with E-state index in [9.17, 15) is 0 Å². The fraction of sp³-hybridized carbons (Fsp3) is 1.00. The molecule has 0 aromatic heterocycles. The number of hydrogen-bond acceptors (Lipinski definition) is 2. The molecule has 0 aliphatic carbocycles. The van der Waals surface area contributed by atoms with Gasteiger partial charge in [0, 0.05) is 13.7 Å². The Bertz CT molecular complexity index is 194. The molecule has 0 aromatic carbocycles. The second-order valence-corrected chi connectivity index (χ2v) is 6.93. The normalized spacial score (nSPS) is 14.1. The van der Waals surface area contributed by atoms with Gasteiger partial charge in [0.15, 0.2) is 0 Å². The fourth-order valence-electron chi connectivity index (χ4n) is 2.81. The Hall–Kier alpha value is -0.0800. The molecule has 0 spiro atoms. The zero-order valence-electron chi connectivity index (χ0n) is 14.3. The highest BCUT2D eigenvalue weighted by molar-refractivity contribution is 4.70. The van der Waals surface area contributed by atoms with E-state index < -0.39 is 0 Å². The van der Waals surface area contributed by atoms with Crippen molar-refractivity contribution in [3.63, 3.8) is 0 Å². The lowest BCUT2D eigenvalue weighted by molar-refractivity contribution is 0.156. The third-order valence-corrected chi connectivity index (χ3v) is 3.86. The van der Waals surface area contributed by atoms with E-state index in [1.54, 1.807) is 0 Å². The molecule has 0 bridgehead atoms. The maximum absolute atomic E-state index is 5.26. The van der Waals surface area contributed by atoms with Crippen LogP contribution >= 0.6 is 0 Å². The Morgan fingerprint density at radius 3 is 2.11 bits per heavy atom. The predicted octanol–water partition coefficient (Wildman–Crippen LogP) is 4.59. The van der Waals surface area contributed by atoms with E-state index in [1.807, 2.05) is 7.11 Å². The van der Waals surface area contributed by atoms with Gasteiger partial charge in [-0.1, -0.05) is 47.5 Å². The summed E-state index contributed by atoms with van der Waals surface area (Å²) in [7, 11) is 1.81. The molecule has 0 rings (SSSR count). The van der Waals surface area contributed by atoms with Crippen molar-refractivity contribution in [2.45, 2.75) is 66.7 Å². The maximum Gasteiger partial charge on any atom is 0.0464 e. The van der Waals surface area contributed by atoms with Crippen molar-refractivity contribution in [3.05, 3.63) is 0 Å². The first-order valence-electron chi connectivity index (χ1n) is 8.14. The lowest BCUT2D eigenvalue weighted by atomic mass is 9.81. The smallest absolute Gasteiger partial charge is 0.0464 e. The van der Waals surface area contributed by atoms with Crippen molar-refractivity contribution >= 4 is 0 Å². The quantitative estimate of drug-likeness (QED) is 0.510. The first-order chi connectivity index (χ1) is 8.92. The molecule has 1 atom stereocenters. The van der Waals surface area contributed by atoms with Crippen LogP contribution in [0.3, 0.4) is 0 Å². The minimum atomic E-state index is 0.442. The highest BCUT2D eigenvalue weighted by Crippen LogP contribution is 2.29. The van der Waals surface area contributed by atoms with Gasteiger partial charge in [-0.3, -0.25) is 0 Å². The number of nitrogens with zero attached hydrogens (tertiary/aromatic N) is 1. The third-order valence-electron chi connectivity index (χ3n) is 3.86. The molecule has 116 valence electrons. The summed E-state index contributed by atoms with van der Waals surface area (Å²) >= 11 is 0. The van der Waals surface area contributed by atoms with E-state index in [1.165, 1.54) is 51.7 Å². The molecule has 0 aliphatic heterocycles. The summed E-state index contributed by atoms with van der Waals surface area (Å²) in [6.07, 6.45) is 6.61. The Morgan fingerprint density at radius 1 is 1.00 bits per heavy atom. The van der Waals surface area contributed by atoms with Crippen LogP contribution in [0.1, 0.15) is 66.7 Å². The van der Waals surface area contributed by atoms with Gasteiger partial charge in [0.1, 0.15) is 0 Å². The Labute approximate surface area is 121 Å². The monoisotopic (exact) mass is 271 g/mol. The van der Waals surface area contributed by atoms with E-state index in [0.29, 0.717) is 5.41 Å². The van der Waals surface area contributed by atoms with Crippen molar-refractivity contribution < 1.29 is 4.74 Å². The van der Waals surface area contributed by atoms with Gasteiger partial charge in [-0.2, -0.15) is 0 Å². The van der Waals surface area contributed by atoms with Gasteiger partial charge in [0.2, 0.25) is 0 Å². The molecule has 0 N–H and O–H groups in total. The zero-order valence-corrected chi connectivity index (χ0v) is 14.3. The number of methoxy groups -OCH3 is 1. The van der Waals surface area contributed by atoms with Crippen LogP contribution in [-0.4, -0.2) is 38.3 Å². The Balaban J connectivity index is 3.91. The predicted molar refractivity (Wildman–Crippen MR) is 85.7 cm³/mol. The molecule has 0 aromatic rings. The molecule has 0 saturated heterocycles. The lowest BCUT2D eigenvalue weighted by Gasteiger charge is -2.26. The van der Waals surface area contributed by atoms with Crippen molar-refractivity contribution in [2.75, 3.05) is 33.4 Å². The number of unbranched alkanes of at least 4 members (excludes halogenated alkanes) is 1. The summed E-state index contributed by atoms with van der Waals surface area (Å²) in [5.41, 5.74) is 0.442. The number of hydrogen-bond donors (Lipinski definition) is 0. The molecule has 0 amide bonds. The number of rotatable bonds is 11. The highest BCUT2D eigenvalue weighted by Gasteiger charge is 2.18. The largest absolute Gasteiger partial charge is 0.385 e. The van der Waals surface area contributed by atoms with Crippen LogP contribution in [0.5, 0.6) is 0 Å². The standard InChI is InChI=1S/C17H37NO/c1-7-18(8-2)13-10-9-11-16(12-14-19-6)15-17(3,4)5/h16H,7-15H2,1-6H3/t16-/m1/s1. The summed E-state index contributed by atoms with van der Waals surface area (Å²) in [4.78, 5) is 2.52. The molecular formula is C17H37NO. The first kappa shape index (κ1) is 18.9. The first-order valence-corrected chi connectivity index (χ1v) is 8.14. The lowest BCUT2D eigenvalue weighted by Crippen LogP contribution is -2.24. The van der Waals surface area contributed by atoms with Crippen LogP contribution in [0.4, 0.5) is 0 Å². The minimum absolute atomic E-state index is 0.442. The van der Waals surface area contributed by atoms with Crippen molar-refractivity contribution in [2.24, 2.45) is 11.3 Å². The molecule has 2 nitrogen and oxygen atoms in total. The second kappa shape index (κ2) is 10.7. The summed E-state index contributed by atoms with van der Waals surface area (Å²) < 4.78 is 5.26. The van der Waals surface area contributed by atoms with E-state index in [4.69, 9.17) is 4.74 Å². The zero-order chi connectivity index (χ0) is 14.7. The highest BCUT2D eigenvalue weighted by atomic mass is 16.5. The average Bonchev–Trinajstić information content (AvgIpc) is 2.34. The van der Waals surface area contributed by atoms with E-state index in [0.717, 1.165) is 12.5 Å². The fourth-order valence-corrected chi connectivity index (χ4v) is 2.81. The molecule has 0 radical (unpaired) electrons. The molecule has 0 heterocycles. The Kier molecular flexibility index (Phi) is 10.6. The minimum Gasteiger partial charge on any atom is -0.385 e. The number of ether oxygens (including phenoxy) is 1. The van der Waals surface area contributed by atoms with E-state index in [-0.39, 0.29) is 0 Å². The Morgan fingerprint density at radius 2 is 1.63 bits per heavy atom. The van der Waals surface area contributed by atoms with Crippen LogP contribution in [-0.2, 0) is 4.74 Å². The summed E-state index contributed by atoms with van der Waals surface area (Å²) in [5, 5.41) is 0. The molecule has 19 heavy (non-hydrogen) atoms. The molecule has 0 fully saturated rings. The summed E-state index contributed by atoms with van der Waals surface area (Å²) in [5.74, 6) is 0.830. The third kappa shape index (κ3) is 11.4. The van der Waals surface area contributed by atoms with Gasteiger partial charge >= 0.3 is 0 Å². The van der Waals surface area contributed by atoms with Gasteiger partial charge in [0.05, 0.1) is 0 Å². The van der Waals surface area contributed by atoms with Crippen molar-refractivity contribution in [3.8, 4) is 0 Å². The van der Waals surface area contributed by atoms with Gasteiger partial charge in [-0.05, 0) is 50.2 Å². The van der Waals surface area contributed by atoms with E-state index >= 15 is 0 Å². The van der Waals surface area contributed by atoms with Crippen molar-refractivity contribution in [1.29, 1.82) is 0 Å². The van der Waals surface area contributed by atoms with Crippen LogP contribution in [0.2, 0.25) is 0 Å². The molecule has 0 unspecified atom stereocenters.